The number of sulfonamides is 1. The summed E-state index contributed by atoms with van der Waals surface area (Å²) in [7, 11) is -4.19. The maximum atomic E-state index is 14.2. The van der Waals surface area contributed by atoms with Crippen molar-refractivity contribution in [3.63, 3.8) is 0 Å². The number of rotatable bonds is 16. The van der Waals surface area contributed by atoms with Crippen LogP contribution in [0.25, 0.3) is 0 Å². The van der Waals surface area contributed by atoms with Crippen molar-refractivity contribution >= 4 is 39.9 Å². The molecule has 15 heteroatoms. The van der Waals surface area contributed by atoms with Crippen LogP contribution in [-0.4, -0.2) is 105 Å². The summed E-state index contributed by atoms with van der Waals surface area (Å²) < 4.78 is 29.3. The molecule has 1 saturated heterocycles. The second kappa shape index (κ2) is 16.7. The summed E-state index contributed by atoms with van der Waals surface area (Å²) in [6, 6.07) is 18.3. The summed E-state index contributed by atoms with van der Waals surface area (Å²) in [6.45, 7) is 6.57. The Morgan fingerprint density at radius 2 is 1.84 bits per heavy atom. The molecule has 5 rings (SSSR count). The quantitative estimate of drug-likeness (QED) is 0.0979. The summed E-state index contributed by atoms with van der Waals surface area (Å²) in [5, 5.41) is 32.0. The second-order valence-electron chi connectivity index (χ2n) is 13.2. The average molecular weight is 736 g/mol. The minimum atomic E-state index is -4.19. The highest BCUT2D eigenvalue weighted by Crippen LogP contribution is 2.31. The number of oxime groups is 1. The Morgan fingerprint density at radius 1 is 1.12 bits per heavy atom. The Morgan fingerprint density at radius 3 is 2.47 bits per heavy atom. The topological polar surface area (TPSA) is 168 Å². The molecule has 1 fully saturated rings. The summed E-state index contributed by atoms with van der Waals surface area (Å²) in [5.74, 6) is -0.679. The number of hydrogen-bond acceptors (Lipinski definition) is 10. The van der Waals surface area contributed by atoms with Gasteiger partial charge in [0.25, 0.3) is 0 Å². The van der Waals surface area contributed by atoms with E-state index >= 15 is 0 Å². The monoisotopic (exact) mass is 735 g/mol. The van der Waals surface area contributed by atoms with E-state index in [0.717, 1.165) is 9.87 Å². The number of pyridine rings is 1. The zero-order valence-corrected chi connectivity index (χ0v) is 30.5. The third-order valence-corrected chi connectivity index (χ3v) is 11.8. The van der Waals surface area contributed by atoms with Crippen molar-refractivity contribution in [3.8, 4) is 0 Å². The first-order valence-electron chi connectivity index (χ1n) is 16.8. The first kappa shape index (κ1) is 37.8. The van der Waals surface area contributed by atoms with Crippen LogP contribution in [-0.2, 0) is 27.8 Å². The molecule has 0 spiro atoms. The number of carbonyl (C=O) groups excluding carboxylic acids is 2. The molecule has 0 radical (unpaired) electrons. The molecule has 4 N–H and O–H groups in total. The van der Waals surface area contributed by atoms with E-state index in [0.29, 0.717) is 30.9 Å². The molecular weight excluding hydrogens is 691 g/mol. The minimum absolute atomic E-state index is 0.0304. The van der Waals surface area contributed by atoms with E-state index in [9.17, 15) is 23.1 Å². The zero-order chi connectivity index (χ0) is 36.6. The molecule has 51 heavy (non-hydrogen) atoms. The van der Waals surface area contributed by atoms with Gasteiger partial charge in [0.2, 0.25) is 15.9 Å². The number of aliphatic hydroxyl groups excluding tert-OH is 1. The number of urea groups is 1. The van der Waals surface area contributed by atoms with Crippen LogP contribution in [0.1, 0.15) is 37.6 Å². The van der Waals surface area contributed by atoms with Crippen LogP contribution < -0.4 is 10.6 Å². The molecule has 3 heterocycles. The third-order valence-electron chi connectivity index (χ3n) is 8.91. The molecule has 2 aliphatic rings. The van der Waals surface area contributed by atoms with E-state index in [-0.39, 0.29) is 41.2 Å². The molecule has 0 bridgehead atoms. The van der Waals surface area contributed by atoms with Crippen LogP contribution in [0.3, 0.4) is 0 Å². The average Bonchev–Trinajstić information content (AvgIpc) is 3.70. The maximum absolute atomic E-state index is 14.2. The predicted octanol–water partition coefficient (Wildman–Crippen LogP) is 3.46. The largest absolute Gasteiger partial charge is 0.411 e. The Hall–Kier alpha value is -4.44. The molecule has 13 nitrogen and oxygen atoms in total. The Bertz CT molecular complexity index is 1790. The van der Waals surface area contributed by atoms with Gasteiger partial charge in [-0.15, -0.1) is 11.8 Å². The molecule has 1 aromatic heterocycles. The van der Waals surface area contributed by atoms with E-state index < -0.39 is 34.1 Å². The van der Waals surface area contributed by atoms with Gasteiger partial charge in [-0.3, -0.25) is 9.78 Å². The molecule has 2 aliphatic heterocycles. The number of thioether (sulfide) groups is 1. The molecule has 3 aromatic rings. The number of nitrogens with zero attached hydrogens (tertiary/aromatic N) is 5. The number of benzene rings is 2. The summed E-state index contributed by atoms with van der Waals surface area (Å²) in [4.78, 5) is 35.1. The van der Waals surface area contributed by atoms with Gasteiger partial charge in [-0.05, 0) is 60.1 Å². The van der Waals surface area contributed by atoms with Gasteiger partial charge in [0.05, 0.1) is 42.0 Å². The third kappa shape index (κ3) is 9.47. The lowest BCUT2D eigenvalue weighted by molar-refractivity contribution is -0.128. The van der Waals surface area contributed by atoms with E-state index in [1.165, 1.54) is 30.5 Å². The van der Waals surface area contributed by atoms with Crippen molar-refractivity contribution in [2.24, 2.45) is 11.1 Å². The Balaban J connectivity index is 1.40. The SMILES string of the molecule is CC(C)[C@@H](C(=O)N[C@@H](Cc1ccccc1)[C@H](O)CN(Cc1ccccn1)S(=O)(=O)c1ccc(/C=N/O)cc1)N1CCN(CC2(C)NC=CS2)C1=O. The number of hydrogen-bond donors (Lipinski definition) is 4. The highest BCUT2D eigenvalue weighted by atomic mass is 32.2. The highest BCUT2D eigenvalue weighted by molar-refractivity contribution is 8.03. The van der Waals surface area contributed by atoms with Crippen LogP contribution in [0, 0.1) is 5.92 Å². The van der Waals surface area contributed by atoms with Gasteiger partial charge >= 0.3 is 6.03 Å². The fourth-order valence-corrected chi connectivity index (χ4v) is 8.54. The first-order valence-corrected chi connectivity index (χ1v) is 19.1. The number of amides is 3. The van der Waals surface area contributed by atoms with Crippen molar-refractivity contribution in [1.82, 2.24) is 29.7 Å². The standard InChI is InChI=1S/C36H45N7O6S2/c1-26(2)33(43-19-18-41(35(43)46)25-36(3)38-17-20-50-36)34(45)40-31(21-27-9-5-4-6-10-27)32(44)24-42(23-29-11-7-8-16-37-29)51(48,49)30-14-12-28(13-15-30)22-39-47/h4-17,20,22,26,31-33,38,44,47H,18-19,21,23-25H2,1-3H3,(H,40,45)/b39-22+/t31-,32+,33-,36?/m0/s1. The molecule has 2 aromatic carbocycles. The zero-order valence-electron chi connectivity index (χ0n) is 28.9. The van der Waals surface area contributed by atoms with Gasteiger partial charge in [0, 0.05) is 32.0 Å². The molecule has 0 aliphatic carbocycles. The predicted molar refractivity (Wildman–Crippen MR) is 196 cm³/mol. The van der Waals surface area contributed by atoms with Crippen molar-refractivity contribution in [2.45, 2.75) is 61.7 Å². The van der Waals surface area contributed by atoms with Crippen molar-refractivity contribution < 1.29 is 28.3 Å². The van der Waals surface area contributed by atoms with Gasteiger partial charge in [0.1, 0.15) is 10.9 Å². The van der Waals surface area contributed by atoms with Gasteiger partial charge in [-0.25, -0.2) is 13.2 Å². The Kier molecular flexibility index (Phi) is 12.4. The molecular formula is C36H45N7O6S2. The lowest BCUT2D eigenvalue weighted by Crippen LogP contribution is -2.57. The summed E-state index contributed by atoms with van der Waals surface area (Å²) in [6.07, 6.45) is 3.46. The summed E-state index contributed by atoms with van der Waals surface area (Å²) >= 11 is 1.60. The maximum Gasteiger partial charge on any atom is 0.320 e. The van der Waals surface area contributed by atoms with Crippen LogP contribution >= 0.6 is 11.8 Å². The van der Waals surface area contributed by atoms with Crippen molar-refractivity contribution in [2.75, 3.05) is 26.2 Å². The van der Waals surface area contributed by atoms with Gasteiger partial charge in [-0.1, -0.05) is 67.5 Å². The molecule has 1 unspecified atom stereocenters. The highest BCUT2D eigenvalue weighted by Gasteiger charge is 2.42. The summed E-state index contributed by atoms with van der Waals surface area (Å²) in [5.41, 5.74) is 1.79. The van der Waals surface area contributed by atoms with Crippen LogP contribution in [0.2, 0.25) is 0 Å². The van der Waals surface area contributed by atoms with E-state index in [1.54, 1.807) is 46.0 Å². The second-order valence-corrected chi connectivity index (χ2v) is 16.5. The van der Waals surface area contributed by atoms with E-state index in [1.807, 2.05) is 62.7 Å². The van der Waals surface area contributed by atoms with Crippen LogP contribution in [0.4, 0.5) is 4.79 Å². The van der Waals surface area contributed by atoms with E-state index in [2.05, 4.69) is 20.8 Å². The fourth-order valence-electron chi connectivity index (χ4n) is 6.30. The molecule has 0 saturated carbocycles. The minimum Gasteiger partial charge on any atom is -0.411 e. The van der Waals surface area contributed by atoms with E-state index in [4.69, 9.17) is 5.21 Å². The number of carbonyl (C=O) groups is 2. The lowest BCUT2D eigenvalue weighted by atomic mass is 9.98. The van der Waals surface area contributed by atoms with Crippen molar-refractivity contribution in [3.05, 3.63) is 107 Å². The normalized spacial score (nSPS) is 19.5. The molecule has 272 valence electrons. The molecule has 4 atom stereocenters. The first-order chi connectivity index (χ1) is 24.4. The number of nitrogens with one attached hydrogen (secondary N) is 2. The smallest absolute Gasteiger partial charge is 0.320 e. The van der Waals surface area contributed by atoms with Crippen LogP contribution in [0.15, 0.2) is 101 Å². The van der Waals surface area contributed by atoms with Gasteiger partial charge in [0.15, 0.2) is 0 Å². The number of aliphatic hydroxyl groups is 1. The fraction of sp³-hybridized carbons (Fsp3) is 0.389. The van der Waals surface area contributed by atoms with Gasteiger partial charge < -0.3 is 30.7 Å². The van der Waals surface area contributed by atoms with Crippen LogP contribution in [0.5, 0.6) is 0 Å². The Labute approximate surface area is 303 Å². The van der Waals surface area contributed by atoms with Gasteiger partial charge in [-0.2, -0.15) is 4.31 Å². The molecule has 3 amide bonds. The van der Waals surface area contributed by atoms with Crippen molar-refractivity contribution in [1.29, 1.82) is 0 Å². The lowest BCUT2D eigenvalue weighted by Gasteiger charge is -2.34. The number of aromatic nitrogens is 1.